The van der Waals surface area contributed by atoms with Crippen molar-refractivity contribution in [2.45, 2.75) is 6.92 Å². The van der Waals surface area contributed by atoms with Crippen molar-refractivity contribution in [2.75, 3.05) is 6.54 Å². The molecule has 5 nitrogen and oxygen atoms in total. The van der Waals surface area contributed by atoms with E-state index < -0.39 is 0 Å². The number of ketones is 1. The van der Waals surface area contributed by atoms with Crippen LogP contribution in [0.3, 0.4) is 0 Å². The Morgan fingerprint density at radius 2 is 2.40 bits per heavy atom. The van der Waals surface area contributed by atoms with Gasteiger partial charge in [0.25, 0.3) is 0 Å². The number of halogens is 1. The predicted octanol–water partition coefficient (Wildman–Crippen LogP) is 0.942. The molecule has 0 aliphatic rings. The van der Waals surface area contributed by atoms with Gasteiger partial charge in [0, 0.05) is 12.4 Å². The summed E-state index contributed by atoms with van der Waals surface area (Å²) >= 11 is 3.29. The molecule has 0 spiro atoms. The lowest BCUT2D eigenvalue weighted by Gasteiger charge is -1.99. The van der Waals surface area contributed by atoms with Crippen LogP contribution in [0.15, 0.2) is 16.9 Å². The standard InChI is InChI=1S/C9H9BrN4O/c1-5-8(7(15)2-11)14-4-6(10)3-12-9(14)13-5/h3-4H,2,11H2,1H3. The third-order valence-corrected chi connectivity index (χ3v) is 2.48. The van der Waals surface area contributed by atoms with Crippen molar-refractivity contribution < 1.29 is 4.79 Å². The lowest BCUT2D eigenvalue weighted by atomic mass is 10.2. The van der Waals surface area contributed by atoms with Crippen LogP contribution in [0, 0.1) is 6.92 Å². The van der Waals surface area contributed by atoms with Gasteiger partial charge in [-0.05, 0) is 22.9 Å². The molecule has 0 saturated heterocycles. The third-order valence-electron chi connectivity index (χ3n) is 2.07. The fraction of sp³-hybridized carbons (Fsp3) is 0.222. The number of nitrogens with zero attached hydrogens (tertiary/aromatic N) is 3. The minimum atomic E-state index is -0.139. The molecule has 2 rings (SSSR count). The topological polar surface area (TPSA) is 73.3 Å². The number of hydrogen-bond acceptors (Lipinski definition) is 4. The van der Waals surface area contributed by atoms with Gasteiger partial charge in [-0.15, -0.1) is 0 Å². The van der Waals surface area contributed by atoms with E-state index in [1.807, 2.05) is 0 Å². The third kappa shape index (κ3) is 1.66. The van der Waals surface area contributed by atoms with E-state index in [-0.39, 0.29) is 12.3 Å². The highest BCUT2D eigenvalue weighted by molar-refractivity contribution is 9.10. The minimum Gasteiger partial charge on any atom is -0.324 e. The first kappa shape index (κ1) is 10.3. The van der Waals surface area contributed by atoms with Crippen LogP contribution >= 0.6 is 15.9 Å². The van der Waals surface area contributed by atoms with Gasteiger partial charge >= 0.3 is 0 Å². The van der Waals surface area contributed by atoms with Gasteiger partial charge in [0.05, 0.1) is 16.7 Å². The van der Waals surface area contributed by atoms with Crippen LogP contribution in [0.4, 0.5) is 0 Å². The molecular formula is C9H9BrN4O. The Kier molecular flexibility index (Phi) is 2.54. The van der Waals surface area contributed by atoms with E-state index in [4.69, 9.17) is 5.73 Å². The largest absolute Gasteiger partial charge is 0.324 e. The first-order valence-electron chi connectivity index (χ1n) is 4.37. The summed E-state index contributed by atoms with van der Waals surface area (Å²) < 4.78 is 2.44. The summed E-state index contributed by atoms with van der Waals surface area (Å²) in [4.78, 5) is 19.9. The molecule has 6 heteroatoms. The molecule has 0 saturated carbocycles. The molecule has 2 aromatic heterocycles. The van der Waals surface area contributed by atoms with E-state index in [1.54, 1.807) is 23.7 Å². The fourth-order valence-corrected chi connectivity index (χ4v) is 1.76. The van der Waals surface area contributed by atoms with Crippen molar-refractivity contribution in [3.63, 3.8) is 0 Å². The number of nitrogens with two attached hydrogens (primary N) is 1. The van der Waals surface area contributed by atoms with Gasteiger partial charge in [-0.3, -0.25) is 9.20 Å². The second-order valence-corrected chi connectivity index (χ2v) is 4.03. The molecule has 0 atom stereocenters. The average Bonchev–Trinajstić information content (AvgIpc) is 2.52. The normalized spacial score (nSPS) is 10.9. The Morgan fingerprint density at radius 1 is 1.67 bits per heavy atom. The molecule has 0 aromatic carbocycles. The zero-order valence-electron chi connectivity index (χ0n) is 8.07. The maximum atomic E-state index is 11.6. The first-order valence-corrected chi connectivity index (χ1v) is 5.16. The first-order chi connectivity index (χ1) is 7.13. The summed E-state index contributed by atoms with van der Waals surface area (Å²) in [5, 5.41) is 0. The summed E-state index contributed by atoms with van der Waals surface area (Å²) in [7, 11) is 0. The number of Topliss-reactive ketones (excluding diaryl/α,β-unsaturated/α-hetero) is 1. The monoisotopic (exact) mass is 268 g/mol. The molecule has 2 N–H and O–H groups in total. The van der Waals surface area contributed by atoms with E-state index in [0.717, 1.165) is 4.47 Å². The van der Waals surface area contributed by atoms with Crippen molar-refractivity contribution in [3.05, 3.63) is 28.3 Å². The summed E-state index contributed by atoms with van der Waals surface area (Å²) in [5.41, 5.74) is 6.49. The molecular weight excluding hydrogens is 260 g/mol. The lowest BCUT2D eigenvalue weighted by Crippen LogP contribution is -2.16. The number of aryl methyl sites for hydroxylation is 1. The molecule has 0 fully saturated rings. The van der Waals surface area contributed by atoms with Crippen LogP contribution in [-0.2, 0) is 0 Å². The number of imidazole rings is 1. The van der Waals surface area contributed by atoms with E-state index >= 15 is 0 Å². The average molecular weight is 269 g/mol. The highest BCUT2D eigenvalue weighted by atomic mass is 79.9. The Hall–Kier alpha value is -1.27. The molecule has 0 amide bonds. The van der Waals surface area contributed by atoms with Gasteiger partial charge in [-0.1, -0.05) is 0 Å². The number of rotatable bonds is 2. The zero-order chi connectivity index (χ0) is 11.0. The van der Waals surface area contributed by atoms with Crippen molar-refractivity contribution in [2.24, 2.45) is 5.73 Å². The zero-order valence-corrected chi connectivity index (χ0v) is 9.65. The number of carbonyl (C=O) groups excluding carboxylic acids is 1. The fourth-order valence-electron chi connectivity index (χ4n) is 1.45. The van der Waals surface area contributed by atoms with Crippen molar-refractivity contribution >= 4 is 27.5 Å². The summed E-state index contributed by atoms with van der Waals surface area (Å²) in [6.45, 7) is 1.74. The van der Waals surface area contributed by atoms with E-state index in [2.05, 4.69) is 25.9 Å². The highest BCUT2D eigenvalue weighted by Crippen LogP contribution is 2.14. The maximum Gasteiger partial charge on any atom is 0.234 e. The second-order valence-electron chi connectivity index (χ2n) is 3.12. The van der Waals surface area contributed by atoms with Crippen LogP contribution in [0.25, 0.3) is 5.78 Å². The molecule has 0 aliphatic carbocycles. The van der Waals surface area contributed by atoms with Gasteiger partial charge in [-0.2, -0.15) is 0 Å². The number of carbonyl (C=O) groups is 1. The quantitative estimate of drug-likeness (QED) is 0.823. The van der Waals surface area contributed by atoms with E-state index in [1.165, 1.54) is 0 Å². The van der Waals surface area contributed by atoms with E-state index in [0.29, 0.717) is 17.2 Å². The molecule has 15 heavy (non-hydrogen) atoms. The Balaban J connectivity index is 2.76. The van der Waals surface area contributed by atoms with Gasteiger partial charge in [0.2, 0.25) is 5.78 Å². The van der Waals surface area contributed by atoms with Gasteiger partial charge in [0.15, 0.2) is 5.78 Å². The molecule has 2 aromatic rings. The highest BCUT2D eigenvalue weighted by Gasteiger charge is 2.15. The van der Waals surface area contributed by atoms with Gasteiger partial charge < -0.3 is 5.73 Å². The molecule has 0 aliphatic heterocycles. The predicted molar refractivity (Wildman–Crippen MR) is 58.8 cm³/mol. The maximum absolute atomic E-state index is 11.6. The molecule has 78 valence electrons. The Labute approximate surface area is 94.5 Å². The minimum absolute atomic E-state index is 0.0266. The number of fused-ring (bicyclic) bond motifs is 1. The number of aromatic nitrogens is 3. The van der Waals surface area contributed by atoms with Crippen molar-refractivity contribution in [1.82, 2.24) is 14.4 Å². The van der Waals surface area contributed by atoms with Crippen LogP contribution < -0.4 is 5.73 Å². The van der Waals surface area contributed by atoms with Crippen LogP contribution in [0.2, 0.25) is 0 Å². The van der Waals surface area contributed by atoms with Gasteiger partial charge in [0.1, 0.15) is 5.69 Å². The Bertz CT molecular complexity index is 534. The number of hydrogen-bond donors (Lipinski definition) is 1. The molecule has 0 radical (unpaired) electrons. The van der Waals surface area contributed by atoms with Crippen molar-refractivity contribution in [3.8, 4) is 0 Å². The lowest BCUT2D eigenvalue weighted by molar-refractivity contribution is 0.0995. The summed E-state index contributed by atoms with van der Waals surface area (Å²) in [6, 6.07) is 0. The van der Waals surface area contributed by atoms with Crippen LogP contribution in [0.5, 0.6) is 0 Å². The smallest absolute Gasteiger partial charge is 0.234 e. The van der Waals surface area contributed by atoms with E-state index in [9.17, 15) is 4.79 Å². The molecule has 0 unspecified atom stereocenters. The van der Waals surface area contributed by atoms with Gasteiger partial charge in [-0.25, -0.2) is 9.97 Å². The second kappa shape index (κ2) is 3.71. The summed E-state index contributed by atoms with van der Waals surface area (Å²) in [6.07, 6.45) is 3.39. The van der Waals surface area contributed by atoms with Crippen LogP contribution in [0.1, 0.15) is 16.2 Å². The SMILES string of the molecule is Cc1nc2ncc(Br)cn2c1C(=O)CN. The van der Waals surface area contributed by atoms with Crippen molar-refractivity contribution in [1.29, 1.82) is 0 Å². The Morgan fingerprint density at radius 3 is 3.07 bits per heavy atom. The van der Waals surface area contributed by atoms with Crippen LogP contribution in [-0.4, -0.2) is 26.7 Å². The molecule has 2 heterocycles. The summed E-state index contributed by atoms with van der Waals surface area (Å²) in [5.74, 6) is 0.368. The molecule has 0 bridgehead atoms.